The third-order valence-corrected chi connectivity index (χ3v) is 5.36. The standard InChI is InChI=1S/C23H21N3O4/c1-28-17-7-3-14(4-8-17)19-20-22(26-11-16(27)12-26)24-13-25-23(20)30-21(19)15-5-9-18(29-2)10-6-15/h3-10,13,16,27H,11-12H2,1-2H3. The van der Waals surface area contributed by atoms with E-state index in [-0.39, 0.29) is 6.10 Å². The van der Waals surface area contributed by atoms with Crippen LogP contribution in [0.1, 0.15) is 0 Å². The third-order valence-electron chi connectivity index (χ3n) is 5.36. The second-order valence-electron chi connectivity index (χ2n) is 7.20. The average Bonchev–Trinajstić information content (AvgIpc) is 3.17. The zero-order valence-electron chi connectivity index (χ0n) is 16.7. The SMILES string of the molecule is COc1ccc(-c2oc3ncnc(N4CC(O)C4)c3c2-c2ccc(OC)cc2)cc1. The van der Waals surface area contributed by atoms with Crippen molar-refractivity contribution in [2.24, 2.45) is 0 Å². The van der Waals surface area contributed by atoms with Crippen LogP contribution in [0.25, 0.3) is 33.6 Å². The van der Waals surface area contributed by atoms with Gasteiger partial charge in [0.15, 0.2) is 0 Å². The molecule has 0 radical (unpaired) electrons. The Kier molecular flexibility index (Phi) is 4.52. The number of aliphatic hydroxyl groups excluding tert-OH is 1. The van der Waals surface area contributed by atoms with Crippen LogP contribution >= 0.6 is 0 Å². The molecule has 2 aromatic carbocycles. The van der Waals surface area contributed by atoms with Crippen molar-refractivity contribution in [3.8, 4) is 33.9 Å². The Hall–Kier alpha value is -3.58. The number of aliphatic hydroxyl groups is 1. The normalized spacial score (nSPS) is 14.0. The van der Waals surface area contributed by atoms with Crippen LogP contribution in [0.3, 0.4) is 0 Å². The molecule has 0 spiro atoms. The number of aromatic nitrogens is 2. The van der Waals surface area contributed by atoms with E-state index in [9.17, 15) is 5.11 Å². The second kappa shape index (κ2) is 7.35. The lowest BCUT2D eigenvalue weighted by molar-refractivity contribution is 0.141. The Morgan fingerprint density at radius 3 is 2.07 bits per heavy atom. The van der Waals surface area contributed by atoms with E-state index in [1.54, 1.807) is 14.2 Å². The highest BCUT2D eigenvalue weighted by Crippen LogP contribution is 2.44. The number of furan rings is 1. The Morgan fingerprint density at radius 1 is 0.900 bits per heavy atom. The zero-order valence-corrected chi connectivity index (χ0v) is 16.7. The predicted molar refractivity (Wildman–Crippen MR) is 114 cm³/mol. The van der Waals surface area contributed by atoms with Gasteiger partial charge in [0.25, 0.3) is 0 Å². The van der Waals surface area contributed by atoms with Crippen molar-refractivity contribution in [2.45, 2.75) is 6.10 Å². The molecule has 7 heteroatoms. The van der Waals surface area contributed by atoms with Crippen molar-refractivity contribution in [3.05, 3.63) is 54.9 Å². The lowest BCUT2D eigenvalue weighted by Crippen LogP contribution is -2.51. The molecule has 1 saturated heterocycles. The minimum atomic E-state index is -0.340. The minimum absolute atomic E-state index is 0.340. The van der Waals surface area contributed by atoms with Gasteiger partial charge in [0.05, 0.1) is 25.7 Å². The van der Waals surface area contributed by atoms with E-state index in [0.717, 1.165) is 39.4 Å². The van der Waals surface area contributed by atoms with Crippen LogP contribution in [0.4, 0.5) is 5.82 Å². The first-order valence-corrected chi connectivity index (χ1v) is 9.67. The van der Waals surface area contributed by atoms with Gasteiger partial charge >= 0.3 is 0 Å². The summed E-state index contributed by atoms with van der Waals surface area (Å²) in [5, 5.41) is 10.6. The van der Waals surface area contributed by atoms with Gasteiger partial charge in [0.1, 0.15) is 29.4 Å². The van der Waals surface area contributed by atoms with Crippen LogP contribution < -0.4 is 14.4 Å². The van der Waals surface area contributed by atoms with Crippen molar-refractivity contribution in [3.63, 3.8) is 0 Å². The number of ether oxygens (including phenoxy) is 2. The number of fused-ring (bicyclic) bond motifs is 1. The number of benzene rings is 2. The van der Waals surface area contributed by atoms with Gasteiger partial charge in [-0.05, 0) is 42.0 Å². The molecule has 0 bridgehead atoms. The molecular formula is C23H21N3O4. The molecule has 1 aliphatic heterocycles. The molecule has 5 rings (SSSR count). The van der Waals surface area contributed by atoms with Crippen molar-refractivity contribution in [1.29, 1.82) is 0 Å². The van der Waals surface area contributed by atoms with Gasteiger partial charge < -0.3 is 23.9 Å². The molecule has 7 nitrogen and oxygen atoms in total. The van der Waals surface area contributed by atoms with E-state index >= 15 is 0 Å². The third kappa shape index (κ3) is 3.04. The van der Waals surface area contributed by atoms with E-state index in [1.165, 1.54) is 6.33 Å². The quantitative estimate of drug-likeness (QED) is 0.543. The number of rotatable bonds is 5. The van der Waals surface area contributed by atoms with Crippen LogP contribution in [0, 0.1) is 0 Å². The zero-order chi connectivity index (χ0) is 20.7. The van der Waals surface area contributed by atoms with Crippen LogP contribution in [-0.4, -0.2) is 48.5 Å². The number of β-amino-alcohol motifs (C(OH)–C–C–N with tert-alkyl or cyclic N) is 1. The molecular weight excluding hydrogens is 382 g/mol. The number of methoxy groups -OCH3 is 2. The van der Waals surface area contributed by atoms with Gasteiger partial charge in [-0.25, -0.2) is 9.97 Å². The molecule has 30 heavy (non-hydrogen) atoms. The number of hydrogen-bond acceptors (Lipinski definition) is 7. The van der Waals surface area contributed by atoms with Crippen LogP contribution in [0.5, 0.6) is 11.5 Å². The summed E-state index contributed by atoms with van der Waals surface area (Å²) in [6.07, 6.45) is 1.16. The van der Waals surface area contributed by atoms with E-state index in [4.69, 9.17) is 13.9 Å². The van der Waals surface area contributed by atoms with Crippen LogP contribution in [0.2, 0.25) is 0 Å². The van der Waals surface area contributed by atoms with Gasteiger partial charge in [-0.3, -0.25) is 0 Å². The minimum Gasteiger partial charge on any atom is -0.497 e. The van der Waals surface area contributed by atoms with Crippen molar-refractivity contribution < 1.29 is 19.0 Å². The molecule has 3 heterocycles. The Balaban J connectivity index is 1.74. The van der Waals surface area contributed by atoms with E-state index in [0.29, 0.717) is 24.6 Å². The van der Waals surface area contributed by atoms with E-state index in [1.807, 2.05) is 53.4 Å². The Labute approximate surface area is 173 Å². The first kappa shape index (κ1) is 18.4. The molecule has 1 N–H and O–H groups in total. The summed E-state index contributed by atoms with van der Waals surface area (Å²) in [6, 6.07) is 15.6. The maximum atomic E-state index is 9.79. The smallest absolute Gasteiger partial charge is 0.232 e. The summed E-state index contributed by atoms with van der Waals surface area (Å²) in [6.45, 7) is 1.08. The summed E-state index contributed by atoms with van der Waals surface area (Å²) in [7, 11) is 3.29. The fourth-order valence-electron chi connectivity index (χ4n) is 3.76. The highest BCUT2D eigenvalue weighted by Gasteiger charge is 2.30. The molecule has 0 saturated carbocycles. The maximum Gasteiger partial charge on any atom is 0.232 e. The fourth-order valence-corrected chi connectivity index (χ4v) is 3.76. The lowest BCUT2D eigenvalue weighted by Gasteiger charge is -2.37. The molecule has 0 unspecified atom stereocenters. The Bertz CT molecular complexity index is 1180. The first-order chi connectivity index (χ1) is 14.7. The molecule has 0 amide bonds. The highest BCUT2D eigenvalue weighted by molar-refractivity contribution is 6.06. The second-order valence-corrected chi connectivity index (χ2v) is 7.20. The molecule has 1 aliphatic rings. The summed E-state index contributed by atoms with van der Waals surface area (Å²) >= 11 is 0. The summed E-state index contributed by atoms with van der Waals surface area (Å²) in [5.74, 6) is 3.02. The average molecular weight is 403 g/mol. The molecule has 0 atom stereocenters. The van der Waals surface area contributed by atoms with Crippen LogP contribution in [0.15, 0.2) is 59.3 Å². The molecule has 0 aliphatic carbocycles. The number of anilines is 1. The largest absolute Gasteiger partial charge is 0.497 e. The summed E-state index contributed by atoms with van der Waals surface area (Å²) in [5.41, 5.74) is 3.31. The summed E-state index contributed by atoms with van der Waals surface area (Å²) in [4.78, 5) is 10.9. The fraction of sp³-hybridized carbons (Fsp3) is 0.217. The highest BCUT2D eigenvalue weighted by atomic mass is 16.5. The first-order valence-electron chi connectivity index (χ1n) is 9.67. The van der Waals surface area contributed by atoms with Gasteiger partial charge in [-0.2, -0.15) is 0 Å². The van der Waals surface area contributed by atoms with Crippen LogP contribution in [-0.2, 0) is 0 Å². The molecule has 152 valence electrons. The topological polar surface area (TPSA) is 80.9 Å². The van der Waals surface area contributed by atoms with E-state index in [2.05, 4.69) is 9.97 Å². The van der Waals surface area contributed by atoms with Crippen molar-refractivity contribution in [1.82, 2.24) is 9.97 Å². The van der Waals surface area contributed by atoms with Gasteiger partial charge in [0, 0.05) is 24.2 Å². The van der Waals surface area contributed by atoms with Gasteiger partial charge in [-0.1, -0.05) is 12.1 Å². The predicted octanol–water partition coefficient (Wildman–Crippen LogP) is 3.75. The monoisotopic (exact) mass is 403 g/mol. The number of hydrogen-bond donors (Lipinski definition) is 1. The molecule has 2 aromatic heterocycles. The summed E-state index contributed by atoms with van der Waals surface area (Å²) < 4.78 is 16.9. The van der Waals surface area contributed by atoms with Crippen molar-refractivity contribution >= 4 is 16.9 Å². The lowest BCUT2D eigenvalue weighted by atomic mass is 9.98. The van der Waals surface area contributed by atoms with Gasteiger partial charge in [0.2, 0.25) is 5.71 Å². The van der Waals surface area contributed by atoms with Crippen molar-refractivity contribution in [2.75, 3.05) is 32.2 Å². The van der Waals surface area contributed by atoms with Gasteiger partial charge in [-0.15, -0.1) is 0 Å². The molecule has 4 aromatic rings. The Morgan fingerprint density at radius 2 is 1.50 bits per heavy atom. The number of nitrogens with zero attached hydrogens (tertiary/aromatic N) is 3. The van der Waals surface area contributed by atoms with E-state index < -0.39 is 0 Å². The molecule has 1 fully saturated rings. The maximum absolute atomic E-state index is 9.79.